The molecule has 34 heavy (non-hydrogen) atoms. The van der Waals surface area contributed by atoms with Crippen LogP contribution in [0.15, 0.2) is 12.1 Å². The maximum absolute atomic E-state index is 12.9. The summed E-state index contributed by atoms with van der Waals surface area (Å²) in [6.45, 7) is 8.76. The molecule has 1 aromatic carbocycles. The molecular weight excluding hydrogens is 466 g/mol. The van der Waals surface area contributed by atoms with Gasteiger partial charge in [0.2, 0.25) is 0 Å². The van der Waals surface area contributed by atoms with Gasteiger partial charge < -0.3 is 34.1 Å². The molecular formula is C23H35NO9S. The van der Waals surface area contributed by atoms with Crippen molar-refractivity contribution in [3.63, 3.8) is 0 Å². The van der Waals surface area contributed by atoms with Crippen LogP contribution in [0.4, 0.5) is 4.79 Å². The van der Waals surface area contributed by atoms with E-state index in [1.165, 1.54) is 21.3 Å². The molecule has 0 spiro atoms. The van der Waals surface area contributed by atoms with Crippen molar-refractivity contribution in [3.05, 3.63) is 17.7 Å². The molecule has 0 saturated carbocycles. The number of esters is 1. The Bertz CT molecular complexity index is 826. The summed E-state index contributed by atoms with van der Waals surface area (Å²) in [4.78, 5) is 37.3. The number of nitrogens with one attached hydrogen (secondary N) is 1. The van der Waals surface area contributed by atoms with Crippen molar-refractivity contribution in [2.45, 2.75) is 57.3 Å². The summed E-state index contributed by atoms with van der Waals surface area (Å²) >= 11 is 0.977. The van der Waals surface area contributed by atoms with Gasteiger partial charge in [-0.2, -0.15) is 0 Å². The fourth-order valence-electron chi connectivity index (χ4n) is 2.73. The highest BCUT2D eigenvalue weighted by Crippen LogP contribution is 2.38. The van der Waals surface area contributed by atoms with Crippen LogP contribution in [-0.2, 0) is 24.8 Å². The molecule has 0 unspecified atom stereocenters. The Balaban J connectivity index is 3.28. The van der Waals surface area contributed by atoms with E-state index in [1.54, 1.807) is 32.9 Å². The highest BCUT2D eigenvalue weighted by Gasteiger charge is 2.38. The molecule has 2 atom stereocenters. The van der Waals surface area contributed by atoms with E-state index in [9.17, 15) is 19.5 Å². The van der Waals surface area contributed by atoms with Crippen LogP contribution in [0.1, 0.15) is 40.2 Å². The monoisotopic (exact) mass is 501 g/mol. The number of hydrogen-bond donors (Lipinski definition) is 2. The molecule has 0 aliphatic heterocycles. The van der Waals surface area contributed by atoms with Crippen LogP contribution >= 0.6 is 11.8 Å². The summed E-state index contributed by atoms with van der Waals surface area (Å²) in [5.74, 6) is -0.636. The standard InChI is InChI=1S/C23H35NO9S/c1-13(2)11-32-21(27)19(18(20(25)26)24-22(28)33-23(3,4)5)34-12-15-16(30-7)9-14(29-6)10-17(15)31-8/h9-10,13,18-19H,11-12H2,1-8H3,(H,24,28)(H,25,26)/t18-,19+/m0/s1. The van der Waals surface area contributed by atoms with E-state index in [2.05, 4.69) is 5.32 Å². The fraction of sp³-hybridized carbons (Fsp3) is 0.609. The van der Waals surface area contributed by atoms with Crippen molar-refractivity contribution >= 4 is 29.8 Å². The lowest BCUT2D eigenvalue weighted by Crippen LogP contribution is -2.52. The van der Waals surface area contributed by atoms with E-state index in [0.717, 1.165) is 11.8 Å². The first-order valence-electron chi connectivity index (χ1n) is 10.6. The number of rotatable bonds is 12. The Morgan fingerprint density at radius 2 is 1.59 bits per heavy atom. The molecule has 0 bridgehead atoms. The van der Waals surface area contributed by atoms with Crippen LogP contribution in [-0.4, -0.2) is 68.0 Å². The minimum absolute atomic E-state index is 0.0402. The Morgan fingerprint density at radius 1 is 1.03 bits per heavy atom. The molecule has 0 fully saturated rings. The van der Waals surface area contributed by atoms with Crippen molar-refractivity contribution < 1.29 is 43.2 Å². The quantitative estimate of drug-likeness (QED) is 0.411. The molecule has 0 saturated heterocycles. The van der Waals surface area contributed by atoms with Gasteiger partial charge in [-0.15, -0.1) is 11.8 Å². The summed E-state index contributed by atoms with van der Waals surface area (Å²) < 4.78 is 26.6. The van der Waals surface area contributed by atoms with Gasteiger partial charge in [0.1, 0.15) is 28.1 Å². The van der Waals surface area contributed by atoms with E-state index in [1.807, 2.05) is 13.8 Å². The lowest BCUT2D eigenvalue weighted by molar-refractivity contribution is -0.149. The van der Waals surface area contributed by atoms with E-state index in [-0.39, 0.29) is 18.3 Å². The van der Waals surface area contributed by atoms with Gasteiger partial charge in [0.25, 0.3) is 0 Å². The first-order valence-corrected chi connectivity index (χ1v) is 11.7. The van der Waals surface area contributed by atoms with Crippen LogP contribution in [0.5, 0.6) is 17.2 Å². The number of hydrogen-bond acceptors (Lipinski definition) is 9. The maximum atomic E-state index is 12.9. The number of carboxylic acids is 1. The first-order chi connectivity index (χ1) is 15.8. The zero-order valence-corrected chi connectivity index (χ0v) is 21.7. The van der Waals surface area contributed by atoms with E-state index in [4.69, 9.17) is 23.7 Å². The molecule has 0 aliphatic rings. The number of carbonyl (C=O) groups is 3. The van der Waals surface area contributed by atoms with Gasteiger partial charge in [0.15, 0.2) is 6.04 Å². The van der Waals surface area contributed by atoms with Crippen molar-refractivity contribution in [3.8, 4) is 17.2 Å². The van der Waals surface area contributed by atoms with Crippen molar-refractivity contribution in [1.82, 2.24) is 5.32 Å². The fourth-order valence-corrected chi connectivity index (χ4v) is 3.94. The number of amides is 1. The number of methoxy groups -OCH3 is 3. The van der Waals surface area contributed by atoms with Crippen LogP contribution in [0.2, 0.25) is 0 Å². The van der Waals surface area contributed by atoms with Gasteiger partial charge >= 0.3 is 18.0 Å². The van der Waals surface area contributed by atoms with Gasteiger partial charge in [0, 0.05) is 23.4 Å². The highest BCUT2D eigenvalue weighted by atomic mass is 32.2. The van der Waals surface area contributed by atoms with Gasteiger partial charge in [-0.05, 0) is 26.7 Å². The van der Waals surface area contributed by atoms with Crippen LogP contribution in [0.25, 0.3) is 0 Å². The molecule has 0 aromatic heterocycles. The molecule has 2 N–H and O–H groups in total. The molecule has 0 radical (unpaired) electrons. The maximum Gasteiger partial charge on any atom is 0.408 e. The zero-order chi connectivity index (χ0) is 26.1. The second kappa shape index (κ2) is 13.2. The van der Waals surface area contributed by atoms with Crippen molar-refractivity contribution in [2.24, 2.45) is 5.92 Å². The molecule has 11 heteroatoms. The summed E-state index contributed by atoms with van der Waals surface area (Å²) in [5.41, 5.74) is -0.267. The Labute approximate surface area is 204 Å². The molecule has 0 heterocycles. The molecule has 1 amide bonds. The summed E-state index contributed by atoms with van der Waals surface area (Å²) in [6, 6.07) is 1.70. The Hall–Kier alpha value is -2.82. The van der Waals surface area contributed by atoms with Crippen molar-refractivity contribution in [1.29, 1.82) is 0 Å². The van der Waals surface area contributed by atoms with Crippen LogP contribution in [0, 0.1) is 5.92 Å². The number of aliphatic carboxylic acids is 1. The predicted octanol–water partition coefficient (Wildman–Crippen LogP) is 3.49. The third-order valence-corrected chi connectivity index (χ3v) is 5.54. The predicted molar refractivity (Wildman–Crippen MR) is 128 cm³/mol. The summed E-state index contributed by atoms with van der Waals surface area (Å²) in [7, 11) is 4.45. The third-order valence-electron chi connectivity index (χ3n) is 4.26. The normalized spacial score (nSPS) is 13.0. The summed E-state index contributed by atoms with van der Waals surface area (Å²) in [5, 5.41) is 10.8. The largest absolute Gasteiger partial charge is 0.496 e. The van der Waals surface area contributed by atoms with Gasteiger partial charge in [-0.25, -0.2) is 9.59 Å². The lowest BCUT2D eigenvalue weighted by Gasteiger charge is -2.26. The second-order valence-electron chi connectivity index (χ2n) is 8.73. The number of alkyl carbamates (subject to hydrolysis) is 1. The van der Waals surface area contributed by atoms with Gasteiger partial charge in [0.05, 0.1) is 27.9 Å². The third kappa shape index (κ3) is 9.20. The van der Waals surface area contributed by atoms with E-state index in [0.29, 0.717) is 22.8 Å². The summed E-state index contributed by atoms with van der Waals surface area (Å²) in [6.07, 6.45) is -0.957. The molecule has 1 aromatic rings. The SMILES string of the molecule is COc1cc(OC)c(CS[C@@H](C(=O)OCC(C)C)[C@H](NC(=O)OC(C)(C)C)C(=O)O)c(OC)c1. The number of benzene rings is 1. The van der Waals surface area contributed by atoms with E-state index < -0.39 is 34.9 Å². The van der Waals surface area contributed by atoms with Gasteiger partial charge in [-0.1, -0.05) is 13.8 Å². The van der Waals surface area contributed by atoms with Crippen LogP contribution in [0.3, 0.4) is 0 Å². The number of carboxylic acid groups (broad SMARTS) is 1. The molecule has 0 aliphatic carbocycles. The molecule has 1 rings (SSSR count). The van der Waals surface area contributed by atoms with Crippen molar-refractivity contribution in [2.75, 3.05) is 27.9 Å². The number of carbonyl (C=O) groups excluding carboxylic acids is 2. The average molecular weight is 502 g/mol. The Morgan fingerprint density at radius 3 is 2.00 bits per heavy atom. The van der Waals surface area contributed by atoms with Gasteiger partial charge in [-0.3, -0.25) is 4.79 Å². The second-order valence-corrected chi connectivity index (χ2v) is 9.86. The number of ether oxygens (including phenoxy) is 5. The average Bonchev–Trinajstić information content (AvgIpc) is 2.74. The first kappa shape index (κ1) is 29.2. The highest BCUT2D eigenvalue weighted by molar-refractivity contribution is 7.99. The molecule has 192 valence electrons. The topological polar surface area (TPSA) is 130 Å². The number of thioether (sulfide) groups is 1. The molecule has 10 nitrogen and oxygen atoms in total. The Kier molecular flexibility index (Phi) is 11.3. The van der Waals surface area contributed by atoms with Crippen LogP contribution < -0.4 is 19.5 Å². The zero-order valence-electron chi connectivity index (χ0n) is 20.9. The lowest BCUT2D eigenvalue weighted by atomic mass is 10.2. The smallest absolute Gasteiger partial charge is 0.408 e. The van der Waals surface area contributed by atoms with E-state index >= 15 is 0 Å². The minimum Gasteiger partial charge on any atom is -0.496 e. The minimum atomic E-state index is -1.60.